The molecule has 1 N–H and O–H groups in total. The second kappa shape index (κ2) is 5.53. The Hall–Kier alpha value is -3.07. The van der Waals surface area contributed by atoms with Crippen LogP contribution in [0.15, 0.2) is 30.3 Å². The summed E-state index contributed by atoms with van der Waals surface area (Å²) in [5.74, 6) is -1.25. The van der Waals surface area contributed by atoms with Gasteiger partial charge in [0.15, 0.2) is 11.6 Å². The fourth-order valence-electron chi connectivity index (χ4n) is 2.63. The SMILES string of the molecule is CC1(C)Cc2c(Oc3ccc(C#N)cc3F)cc(C(=O)O)cc2O1. The van der Waals surface area contributed by atoms with Gasteiger partial charge >= 0.3 is 5.97 Å². The molecule has 0 saturated heterocycles. The highest BCUT2D eigenvalue weighted by Crippen LogP contribution is 2.43. The number of ether oxygens (including phenoxy) is 2. The summed E-state index contributed by atoms with van der Waals surface area (Å²) in [5.41, 5.74) is 0.360. The average Bonchev–Trinajstić information content (AvgIpc) is 2.83. The molecule has 3 rings (SSSR count). The number of carboxylic acid groups (broad SMARTS) is 1. The number of hydrogen-bond acceptors (Lipinski definition) is 4. The Labute approximate surface area is 137 Å². The molecule has 24 heavy (non-hydrogen) atoms. The molecule has 1 aliphatic heterocycles. The maximum Gasteiger partial charge on any atom is 0.335 e. The Kier molecular flexibility index (Phi) is 3.64. The van der Waals surface area contributed by atoms with Gasteiger partial charge in [0.1, 0.15) is 17.1 Å². The molecule has 122 valence electrons. The molecule has 0 radical (unpaired) electrons. The number of halogens is 1. The summed E-state index contributed by atoms with van der Waals surface area (Å²) >= 11 is 0. The van der Waals surface area contributed by atoms with Crippen LogP contribution < -0.4 is 9.47 Å². The van der Waals surface area contributed by atoms with Crippen molar-refractivity contribution in [1.82, 2.24) is 0 Å². The Morgan fingerprint density at radius 3 is 2.71 bits per heavy atom. The molecule has 5 nitrogen and oxygen atoms in total. The van der Waals surface area contributed by atoms with Crippen LogP contribution in [0.3, 0.4) is 0 Å². The summed E-state index contributed by atoms with van der Waals surface area (Å²) in [6, 6.07) is 8.47. The fourth-order valence-corrected chi connectivity index (χ4v) is 2.63. The van der Waals surface area contributed by atoms with Crippen LogP contribution in [0.2, 0.25) is 0 Å². The molecule has 1 aliphatic rings. The number of benzene rings is 2. The van der Waals surface area contributed by atoms with Crippen LogP contribution in [0.25, 0.3) is 0 Å². The van der Waals surface area contributed by atoms with Gasteiger partial charge in [-0.1, -0.05) is 0 Å². The maximum atomic E-state index is 14.1. The molecule has 0 aliphatic carbocycles. The van der Waals surface area contributed by atoms with E-state index in [2.05, 4.69) is 0 Å². The highest BCUT2D eigenvalue weighted by atomic mass is 19.1. The highest BCUT2D eigenvalue weighted by Gasteiger charge is 2.34. The van der Waals surface area contributed by atoms with Crippen LogP contribution in [0.5, 0.6) is 17.2 Å². The predicted octanol–water partition coefficient (Wildman–Crippen LogP) is 3.90. The predicted molar refractivity (Wildman–Crippen MR) is 83.0 cm³/mol. The molecule has 0 amide bonds. The van der Waals surface area contributed by atoms with Crippen LogP contribution in [-0.2, 0) is 6.42 Å². The number of fused-ring (bicyclic) bond motifs is 1. The molecule has 0 bridgehead atoms. The lowest BCUT2D eigenvalue weighted by Crippen LogP contribution is -2.24. The number of nitriles is 1. The van der Waals surface area contributed by atoms with Crippen molar-refractivity contribution in [2.75, 3.05) is 0 Å². The summed E-state index contributed by atoms with van der Waals surface area (Å²) in [4.78, 5) is 11.3. The van der Waals surface area contributed by atoms with Gasteiger partial charge in [0, 0.05) is 12.0 Å². The minimum Gasteiger partial charge on any atom is -0.487 e. The lowest BCUT2D eigenvalue weighted by molar-refractivity contribution is 0.0695. The van der Waals surface area contributed by atoms with Crippen molar-refractivity contribution >= 4 is 5.97 Å². The van der Waals surface area contributed by atoms with Crippen molar-refractivity contribution in [2.45, 2.75) is 25.9 Å². The van der Waals surface area contributed by atoms with Crippen LogP contribution in [-0.4, -0.2) is 16.7 Å². The number of rotatable bonds is 3. The maximum absolute atomic E-state index is 14.1. The van der Waals surface area contributed by atoms with Crippen LogP contribution in [0, 0.1) is 17.1 Å². The van der Waals surface area contributed by atoms with E-state index < -0.39 is 17.4 Å². The van der Waals surface area contributed by atoms with E-state index in [9.17, 15) is 14.3 Å². The molecule has 0 saturated carbocycles. The van der Waals surface area contributed by atoms with Gasteiger partial charge in [-0.05, 0) is 44.2 Å². The lowest BCUT2D eigenvalue weighted by atomic mass is 10.00. The zero-order chi connectivity index (χ0) is 17.5. The summed E-state index contributed by atoms with van der Waals surface area (Å²) in [6.07, 6.45) is 0.509. The normalized spacial score (nSPS) is 14.4. The first kappa shape index (κ1) is 15.8. The quantitative estimate of drug-likeness (QED) is 0.925. The minimum atomic E-state index is -1.13. The van der Waals surface area contributed by atoms with Crippen molar-refractivity contribution < 1.29 is 23.8 Å². The van der Waals surface area contributed by atoms with Gasteiger partial charge in [0.25, 0.3) is 0 Å². The molecule has 1 heterocycles. The van der Waals surface area contributed by atoms with Gasteiger partial charge in [-0.25, -0.2) is 9.18 Å². The molecule has 0 fully saturated rings. The van der Waals surface area contributed by atoms with E-state index in [1.807, 2.05) is 19.9 Å². The third-order valence-electron chi connectivity index (χ3n) is 3.68. The summed E-state index contributed by atoms with van der Waals surface area (Å²) < 4.78 is 25.4. The smallest absolute Gasteiger partial charge is 0.335 e. The monoisotopic (exact) mass is 327 g/mol. The van der Waals surface area contributed by atoms with E-state index in [-0.39, 0.29) is 22.6 Å². The first-order valence-electron chi connectivity index (χ1n) is 7.26. The number of carboxylic acids is 1. The standard InChI is InChI=1S/C18H14FNO4/c1-18(2)8-12-15(6-11(17(21)22)7-16(12)24-18)23-14-4-3-10(9-20)5-13(14)19/h3-7H,8H2,1-2H3,(H,21,22). The topological polar surface area (TPSA) is 79.5 Å². The van der Waals surface area contributed by atoms with Gasteiger partial charge in [-0.2, -0.15) is 5.26 Å². The van der Waals surface area contributed by atoms with E-state index in [0.717, 1.165) is 6.07 Å². The zero-order valence-electron chi connectivity index (χ0n) is 13.1. The Morgan fingerprint density at radius 1 is 1.33 bits per heavy atom. The third-order valence-corrected chi connectivity index (χ3v) is 3.68. The highest BCUT2D eigenvalue weighted by molar-refractivity contribution is 5.89. The Morgan fingerprint density at radius 2 is 2.08 bits per heavy atom. The van der Waals surface area contributed by atoms with Gasteiger partial charge < -0.3 is 14.6 Å². The van der Waals surface area contributed by atoms with E-state index in [1.54, 1.807) is 0 Å². The van der Waals surface area contributed by atoms with Crippen molar-refractivity contribution in [1.29, 1.82) is 5.26 Å². The second-order valence-electron chi connectivity index (χ2n) is 6.15. The minimum absolute atomic E-state index is 0.00416. The van der Waals surface area contributed by atoms with Crippen LogP contribution in [0.1, 0.15) is 35.3 Å². The summed E-state index contributed by atoms with van der Waals surface area (Å²) in [6.45, 7) is 3.75. The molecule has 6 heteroatoms. The first-order chi connectivity index (χ1) is 11.3. The van der Waals surface area contributed by atoms with Crippen molar-refractivity contribution in [3.8, 4) is 23.3 Å². The number of carbonyl (C=O) groups is 1. The number of nitrogens with zero attached hydrogens (tertiary/aromatic N) is 1. The van der Waals surface area contributed by atoms with Crippen molar-refractivity contribution in [2.24, 2.45) is 0 Å². The van der Waals surface area contributed by atoms with E-state index >= 15 is 0 Å². The van der Waals surface area contributed by atoms with Gasteiger partial charge in [-0.15, -0.1) is 0 Å². The second-order valence-corrected chi connectivity index (χ2v) is 6.15. The van der Waals surface area contributed by atoms with Crippen molar-refractivity contribution in [3.05, 3.63) is 52.8 Å². The molecule has 2 aromatic carbocycles. The average molecular weight is 327 g/mol. The molecule has 2 aromatic rings. The van der Waals surface area contributed by atoms with Crippen LogP contribution in [0.4, 0.5) is 4.39 Å². The largest absolute Gasteiger partial charge is 0.487 e. The molecular weight excluding hydrogens is 313 g/mol. The lowest BCUT2D eigenvalue weighted by Gasteiger charge is -2.16. The molecular formula is C18H14FNO4. The molecule has 0 spiro atoms. The van der Waals surface area contributed by atoms with Gasteiger partial charge in [0.2, 0.25) is 0 Å². The van der Waals surface area contributed by atoms with Gasteiger partial charge in [0.05, 0.1) is 17.2 Å². The summed E-state index contributed by atoms with van der Waals surface area (Å²) in [7, 11) is 0. The fraction of sp³-hybridized carbons (Fsp3) is 0.222. The van der Waals surface area contributed by atoms with E-state index in [1.165, 1.54) is 24.3 Å². The van der Waals surface area contributed by atoms with Crippen LogP contribution >= 0.6 is 0 Å². The van der Waals surface area contributed by atoms with Gasteiger partial charge in [-0.3, -0.25) is 0 Å². The molecule has 0 aromatic heterocycles. The Balaban J connectivity index is 2.05. The third kappa shape index (κ3) is 2.88. The molecule has 0 unspecified atom stereocenters. The molecule has 0 atom stereocenters. The van der Waals surface area contributed by atoms with Crippen molar-refractivity contribution in [3.63, 3.8) is 0 Å². The summed E-state index contributed by atoms with van der Waals surface area (Å²) in [5, 5.41) is 18.0. The number of hydrogen-bond donors (Lipinski definition) is 1. The van der Waals surface area contributed by atoms with E-state index in [0.29, 0.717) is 17.7 Å². The zero-order valence-corrected chi connectivity index (χ0v) is 13.1. The first-order valence-corrected chi connectivity index (χ1v) is 7.26. The Bertz CT molecular complexity index is 883. The number of aromatic carboxylic acids is 1. The van der Waals surface area contributed by atoms with E-state index in [4.69, 9.17) is 14.7 Å².